The van der Waals surface area contributed by atoms with E-state index in [1.165, 1.54) is 0 Å². The third-order valence-corrected chi connectivity index (χ3v) is 4.53. The average Bonchev–Trinajstić information content (AvgIpc) is 2.75. The first kappa shape index (κ1) is 23.9. The van der Waals surface area contributed by atoms with E-state index in [2.05, 4.69) is 10.6 Å². The van der Waals surface area contributed by atoms with Crippen molar-refractivity contribution in [3.63, 3.8) is 0 Å². The smallest absolute Gasteiger partial charge is 0.407 e. The fourth-order valence-corrected chi connectivity index (χ4v) is 2.84. The van der Waals surface area contributed by atoms with E-state index in [0.717, 1.165) is 11.1 Å². The Kier molecular flexibility index (Phi) is 9.55. The van der Waals surface area contributed by atoms with Crippen molar-refractivity contribution in [1.82, 2.24) is 10.6 Å². The number of ether oxygens (including phenoxy) is 2. The number of amides is 2. The first-order chi connectivity index (χ1) is 14.8. The Balaban J connectivity index is 1.76. The molecular weight excluding hydrogens is 396 g/mol. The minimum atomic E-state index is -0.770. The quantitative estimate of drug-likeness (QED) is 0.567. The number of hydrogen-bond donors (Lipinski definition) is 2. The van der Waals surface area contributed by atoms with Crippen molar-refractivity contribution < 1.29 is 23.9 Å². The lowest BCUT2D eigenvalue weighted by atomic mass is 10.0. The summed E-state index contributed by atoms with van der Waals surface area (Å²) in [5.41, 5.74) is 1.74. The molecule has 0 radical (unpaired) electrons. The normalized spacial score (nSPS) is 12.5. The molecule has 0 bridgehead atoms. The molecule has 2 atom stereocenters. The van der Waals surface area contributed by atoms with Crippen LogP contribution in [-0.2, 0) is 32.3 Å². The molecule has 0 saturated heterocycles. The van der Waals surface area contributed by atoms with Crippen molar-refractivity contribution in [2.24, 2.45) is 5.92 Å². The molecule has 0 aliphatic heterocycles. The van der Waals surface area contributed by atoms with E-state index in [4.69, 9.17) is 9.47 Å². The molecule has 2 aromatic carbocycles. The molecule has 2 rings (SSSR count). The zero-order valence-corrected chi connectivity index (χ0v) is 18.2. The molecular formula is C24H30N2O5. The summed E-state index contributed by atoms with van der Waals surface area (Å²) >= 11 is 0. The van der Waals surface area contributed by atoms with Crippen LogP contribution < -0.4 is 10.6 Å². The van der Waals surface area contributed by atoms with Crippen LogP contribution in [0.15, 0.2) is 60.7 Å². The molecule has 0 aromatic heterocycles. The maximum atomic E-state index is 12.5. The number of esters is 1. The molecule has 2 N–H and O–H groups in total. The Bertz CT molecular complexity index is 840. The van der Waals surface area contributed by atoms with Crippen molar-refractivity contribution >= 4 is 18.0 Å². The molecule has 2 aromatic rings. The first-order valence-electron chi connectivity index (χ1n) is 10.3. The van der Waals surface area contributed by atoms with Crippen molar-refractivity contribution in [2.45, 2.75) is 52.5 Å². The van der Waals surface area contributed by atoms with Crippen molar-refractivity contribution in [2.75, 3.05) is 0 Å². The molecule has 7 heteroatoms. The number of hydrogen-bond acceptors (Lipinski definition) is 5. The Hall–Kier alpha value is -3.35. The summed E-state index contributed by atoms with van der Waals surface area (Å²) in [6, 6.07) is 17.4. The topological polar surface area (TPSA) is 93.7 Å². The van der Waals surface area contributed by atoms with Gasteiger partial charge in [0.2, 0.25) is 5.91 Å². The molecule has 0 unspecified atom stereocenters. The monoisotopic (exact) mass is 426 g/mol. The molecule has 0 heterocycles. The number of alkyl carbamates (subject to hydrolysis) is 1. The summed E-state index contributed by atoms with van der Waals surface area (Å²) in [6.45, 7) is 5.65. The van der Waals surface area contributed by atoms with Crippen LogP contribution >= 0.6 is 0 Å². The van der Waals surface area contributed by atoms with Crippen LogP contribution in [0.25, 0.3) is 0 Å². The summed E-state index contributed by atoms with van der Waals surface area (Å²) in [6.07, 6.45) is -0.595. The lowest BCUT2D eigenvalue weighted by Crippen LogP contribution is -2.47. The third kappa shape index (κ3) is 8.90. The summed E-state index contributed by atoms with van der Waals surface area (Å²) in [4.78, 5) is 36.8. The summed E-state index contributed by atoms with van der Waals surface area (Å²) < 4.78 is 10.5. The number of carbonyl (C=O) groups excluding carboxylic acids is 3. The van der Waals surface area contributed by atoms with Gasteiger partial charge in [-0.25, -0.2) is 9.59 Å². The summed E-state index contributed by atoms with van der Waals surface area (Å²) in [7, 11) is 0. The maximum absolute atomic E-state index is 12.5. The predicted molar refractivity (Wildman–Crippen MR) is 117 cm³/mol. The van der Waals surface area contributed by atoms with Gasteiger partial charge in [-0.2, -0.15) is 0 Å². The van der Waals surface area contributed by atoms with Gasteiger partial charge < -0.3 is 20.1 Å². The van der Waals surface area contributed by atoms with Crippen molar-refractivity contribution in [1.29, 1.82) is 0 Å². The van der Waals surface area contributed by atoms with E-state index in [9.17, 15) is 14.4 Å². The van der Waals surface area contributed by atoms with Gasteiger partial charge in [0.1, 0.15) is 19.3 Å². The van der Waals surface area contributed by atoms with E-state index in [-0.39, 0.29) is 31.5 Å². The van der Waals surface area contributed by atoms with Crippen molar-refractivity contribution in [3.8, 4) is 0 Å². The second-order valence-electron chi connectivity index (χ2n) is 7.69. The number of rotatable bonds is 10. The second kappa shape index (κ2) is 12.4. The van der Waals surface area contributed by atoms with Gasteiger partial charge in [-0.15, -0.1) is 0 Å². The van der Waals surface area contributed by atoms with Crippen LogP contribution in [0.1, 0.15) is 38.3 Å². The average molecular weight is 427 g/mol. The number of nitrogens with one attached hydrogen (secondary N) is 2. The molecule has 2 amide bonds. The van der Waals surface area contributed by atoms with Crippen LogP contribution in [0.4, 0.5) is 4.79 Å². The predicted octanol–water partition coefficient (Wildman–Crippen LogP) is 3.58. The molecule has 166 valence electrons. The molecule has 0 saturated carbocycles. The highest BCUT2D eigenvalue weighted by Crippen LogP contribution is 2.08. The molecule has 0 aliphatic carbocycles. The third-order valence-electron chi connectivity index (χ3n) is 4.53. The van der Waals surface area contributed by atoms with E-state index >= 15 is 0 Å². The Labute approximate surface area is 183 Å². The number of benzene rings is 2. The van der Waals surface area contributed by atoms with E-state index in [1.807, 2.05) is 74.5 Å². The summed E-state index contributed by atoms with van der Waals surface area (Å²) in [5.74, 6) is -0.993. The number of carbonyl (C=O) groups is 3. The maximum Gasteiger partial charge on any atom is 0.407 e. The fourth-order valence-electron chi connectivity index (χ4n) is 2.84. The fraction of sp³-hybridized carbons (Fsp3) is 0.375. The second-order valence-corrected chi connectivity index (χ2v) is 7.69. The zero-order chi connectivity index (χ0) is 22.6. The van der Waals surface area contributed by atoms with E-state index in [1.54, 1.807) is 6.92 Å². The standard InChI is InChI=1S/C24H30N2O5/c1-17(2)22(23(28)30-15-19-10-6-4-7-11-19)26-21(27)14-18(3)25-24(29)31-16-20-12-8-5-9-13-20/h4-13,17-18,22H,14-16H2,1-3H3,(H,25,29)(H,26,27)/t18-,22-/m0/s1. The Morgan fingerprint density at radius 3 is 1.81 bits per heavy atom. The Morgan fingerprint density at radius 2 is 1.29 bits per heavy atom. The van der Waals surface area contributed by atoms with Gasteiger partial charge in [0.05, 0.1) is 0 Å². The van der Waals surface area contributed by atoms with Gasteiger partial charge in [0, 0.05) is 12.5 Å². The highest BCUT2D eigenvalue weighted by Gasteiger charge is 2.26. The highest BCUT2D eigenvalue weighted by molar-refractivity contribution is 5.85. The van der Waals surface area contributed by atoms with Gasteiger partial charge in [-0.1, -0.05) is 74.5 Å². The Morgan fingerprint density at radius 1 is 0.774 bits per heavy atom. The van der Waals surface area contributed by atoms with Gasteiger partial charge in [-0.05, 0) is 24.0 Å². The molecule has 0 aliphatic rings. The molecule has 31 heavy (non-hydrogen) atoms. The minimum Gasteiger partial charge on any atom is -0.459 e. The van der Waals surface area contributed by atoms with Crippen LogP contribution in [0, 0.1) is 5.92 Å². The van der Waals surface area contributed by atoms with Crippen LogP contribution in [-0.4, -0.2) is 30.1 Å². The van der Waals surface area contributed by atoms with E-state index in [0.29, 0.717) is 0 Å². The largest absolute Gasteiger partial charge is 0.459 e. The lowest BCUT2D eigenvalue weighted by Gasteiger charge is -2.22. The SMILES string of the molecule is CC(C)[C@H](NC(=O)C[C@H](C)NC(=O)OCc1ccccc1)C(=O)OCc1ccccc1. The van der Waals surface area contributed by atoms with Crippen LogP contribution in [0.5, 0.6) is 0 Å². The summed E-state index contributed by atoms with van der Waals surface area (Å²) in [5, 5.41) is 5.33. The van der Waals surface area contributed by atoms with Gasteiger partial charge >= 0.3 is 12.1 Å². The van der Waals surface area contributed by atoms with Gasteiger partial charge in [-0.3, -0.25) is 4.79 Å². The lowest BCUT2D eigenvalue weighted by molar-refractivity contribution is -0.150. The van der Waals surface area contributed by atoms with Crippen LogP contribution in [0.2, 0.25) is 0 Å². The molecule has 0 spiro atoms. The molecule has 7 nitrogen and oxygen atoms in total. The first-order valence-corrected chi connectivity index (χ1v) is 10.3. The highest BCUT2D eigenvalue weighted by atomic mass is 16.5. The molecule has 0 fully saturated rings. The zero-order valence-electron chi connectivity index (χ0n) is 18.2. The van der Waals surface area contributed by atoms with E-state index < -0.39 is 24.1 Å². The minimum absolute atomic E-state index is 0.00955. The van der Waals surface area contributed by atoms with Crippen molar-refractivity contribution in [3.05, 3.63) is 71.8 Å². The van der Waals surface area contributed by atoms with Gasteiger partial charge in [0.25, 0.3) is 0 Å². The van der Waals surface area contributed by atoms with Gasteiger partial charge in [0.15, 0.2) is 0 Å². The van der Waals surface area contributed by atoms with Crippen LogP contribution in [0.3, 0.4) is 0 Å².